The van der Waals surface area contributed by atoms with Gasteiger partial charge < -0.3 is 14.6 Å². The molecule has 6 rings (SSSR count). The van der Waals surface area contributed by atoms with E-state index >= 15 is 0 Å². The molecule has 4 heterocycles. The molecule has 2 aromatic rings. The van der Waals surface area contributed by atoms with E-state index in [9.17, 15) is 5.11 Å². The molecule has 0 aromatic heterocycles. The standard InChI is InChI=1S/C18H20O3/c1-12(19)17-20-15-8-4-13(5-9-15)18(2,3)14-6-10-16(21-17)11-7-14/h4-12,17,19H,1-3H3. The fraction of sp³-hybridized carbons (Fsp3) is 0.333. The molecular formula is C18H20O3. The molecule has 1 atom stereocenters. The van der Waals surface area contributed by atoms with E-state index in [1.165, 1.54) is 11.1 Å². The summed E-state index contributed by atoms with van der Waals surface area (Å²) in [5.41, 5.74) is 2.36. The SMILES string of the molecule is CC(O)C1Oc2ccc(cc2)C(C)(C)c2ccc(cc2)O1. The first-order valence-corrected chi connectivity index (χ1v) is 7.19. The van der Waals surface area contributed by atoms with Gasteiger partial charge in [0.05, 0.1) is 0 Å². The molecule has 4 aliphatic rings. The maximum absolute atomic E-state index is 9.83. The molecule has 0 aliphatic carbocycles. The minimum Gasteiger partial charge on any atom is -0.452 e. The van der Waals surface area contributed by atoms with E-state index in [1.807, 2.05) is 24.3 Å². The van der Waals surface area contributed by atoms with E-state index in [0.29, 0.717) is 11.5 Å². The Labute approximate surface area is 125 Å². The van der Waals surface area contributed by atoms with Crippen molar-refractivity contribution in [1.29, 1.82) is 0 Å². The molecule has 21 heavy (non-hydrogen) atoms. The first kappa shape index (κ1) is 14.0. The van der Waals surface area contributed by atoms with Crippen LogP contribution in [0.15, 0.2) is 48.5 Å². The highest BCUT2D eigenvalue weighted by atomic mass is 16.7. The zero-order chi connectivity index (χ0) is 15.0. The number of rotatable bonds is 1. The van der Waals surface area contributed by atoms with Crippen molar-refractivity contribution in [2.24, 2.45) is 0 Å². The second-order valence-corrected chi connectivity index (χ2v) is 6.02. The number of hydrogen-bond donors (Lipinski definition) is 1. The Morgan fingerprint density at radius 1 is 0.857 bits per heavy atom. The lowest BCUT2D eigenvalue weighted by Gasteiger charge is -2.29. The van der Waals surface area contributed by atoms with Crippen LogP contribution in [0.2, 0.25) is 0 Å². The predicted octanol–water partition coefficient (Wildman–Crippen LogP) is 3.49. The molecule has 110 valence electrons. The number of hydrogen-bond acceptors (Lipinski definition) is 3. The largest absolute Gasteiger partial charge is 0.452 e. The van der Waals surface area contributed by atoms with Crippen LogP contribution < -0.4 is 9.47 Å². The molecule has 1 N–H and O–H groups in total. The second kappa shape index (κ2) is 5.08. The van der Waals surface area contributed by atoms with Gasteiger partial charge >= 0.3 is 0 Å². The Kier molecular flexibility index (Phi) is 3.38. The van der Waals surface area contributed by atoms with Crippen LogP contribution in [0.3, 0.4) is 0 Å². The van der Waals surface area contributed by atoms with Gasteiger partial charge in [0, 0.05) is 5.41 Å². The monoisotopic (exact) mass is 284 g/mol. The van der Waals surface area contributed by atoms with Gasteiger partial charge in [0.25, 0.3) is 6.29 Å². The van der Waals surface area contributed by atoms with Crippen LogP contribution in [0.1, 0.15) is 31.9 Å². The van der Waals surface area contributed by atoms with Gasteiger partial charge in [-0.3, -0.25) is 0 Å². The highest BCUT2D eigenvalue weighted by molar-refractivity contribution is 5.42. The summed E-state index contributed by atoms with van der Waals surface area (Å²) < 4.78 is 11.5. The summed E-state index contributed by atoms with van der Waals surface area (Å²) in [4.78, 5) is 0. The third kappa shape index (κ3) is 2.61. The van der Waals surface area contributed by atoms with Crippen LogP contribution in [-0.4, -0.2) is 17.5 Å². The van der Waals surface area contributed by atoms with Crippen molar-refractivity contribution in [1.82, 2.24) is 0 Å². The third-order valence-corrected chi connectivity index (χ3v) is 4.05. The molecule has 0 saturated heterocycles. The van der Waals surface area contributed by atoms with Crippen LogP contribution in [0.5, 0.6) is 11.5 Å². The highest BCUT2D eigenvalue weighted by Crippen LogP contribution is 2.34. The first-order valence-electron chi connectivity index (χ1n) is 7.19. The molecule has 4 bridgehead atoms. The molecule has 4 aliphatic heterocycles. The van der Waals surface area contributed by atoms with Gasteiger partial charge in [-0.1, -0.05) is 38.1 Å². The summed E-state index contributed by atoms with van der Waals surface area (Å²) in [5, 5.41) is 9.83. The predicted molar refractivity (Wildman–Crippen MR) is 81.7 cm³/mol. The molecule has 0 spiro atoms. The topological polar surface area (TPSA) is 38.7 Å². The molecule has 0 radical (unpaired) electrons. The van der Waals surface area contributed by atoms with Crippen molar-refractivity contribution >= 4 is 0 Å². The lowest BCUT2D eigenvalue weighted by Crippen LogP contribution is -2.35. The van der Waals surface area contributed by atoms with Crippen molar-refractivity contribution in [2.45, 2.75) is 38.6 Å². The normalized spacial score (nSPS) is 18.3. The molecule has 0 saturated carbocycles. The maximum atomic E-state index is 9.83. The zero-order valence-corrected chi connectivity index (χ0v) is 12.5. The van der Waals surface area contributed by atoms with Gasteiger partial charge in [0.1, 0.15) is 17.6 Å². The van der Waals surface area contributed by atoms with Gasteiger partial charge in [0.15, 0.2) is 0 Å². The lowest BCUT2D eigenvalue weighted by molar-refractivity contribution is -0.0778. The summed E-state index contributed by atoms with van der Waals surface area (Å²) in [7, 11) is 0. The maximum Gasteiger partial charge on any atom is 0.266 e. The summed E-state index contributed by atoms with van der Waals surface area (Å²) in [5.74, 6) is 1.38. The van der Waals surface area contributed by atoms with Gasteiger partial charge in [-0.05, 0) is 42.3 Å². The molecule has 3 heteroatoms. The Morgan fingerprint density at radius 2 is 1.24 bits per heavy atom. The zero-order valence-electron chi connectivity index (χ0n) is 12.5. The van der Waals surface area contributed by atoms with Crippen molar-refractivity contribution in [2.75, 3.05) is 0 Å². The third-order valence-electron chi connectivity index (χ3n) is 4.05. The van der Waals surface area contributed by atoms with E-state index in [4.69, 9.17) is 9.47 Å². The minimum absolute atomic E-state index is 0.0834. The summed E-state index contributed by atoms with van der Waals surface area (Å²) in [6.07, 6.45) is -1.46. The molecule has 1 unspecified atom stereocenters. The molecule has 0 fully saturated rings. The fourth-order valence-electron chi connectivity index (χ4n) is 2.56. The van der Waals surface area contributed by atoms with Gasteiger partial charge in [-0.2, -0.15) is 0 Å². The molecule has 2 aromatic carbocycles. The highest BCUT2D eigenvalue weighted by Gasteiger charge is 2.25. The van der Waals surface area contributed by atoms with Crippen molar-refractivity contribution in [3.63, 3.8) is 0 Å². The lowest BCUT2D eigenvalue weighted by atomic mass is 9.78. The smallest absolute Gasteiger partial charge is 0.266 e. The fourth-order valence-corrected chi connectivity index (χ4v) is 2.56. The average Bonchev–Trinajstić information content (AvgIpc) is 2.46. The summed E-state index contributed by atoms with van der Waals surface area (Å²) in [6, 6.07) is 15.9. The number of benzene rings is 2. The Hall–Kier alpha value is -2.00. The van der Waals surface area contributed by atoms with Gasteiger partial charge in [-0.25, -0.2) is 0 Å². The number of aliphatic hydroxyl groups is 1. The van der Waals surface area contributed by atoms with Crippen LogP contribution >= 0.6 is 0 Å². The van der Waals surface area contributed by atoms with Gasteiger partial charge in [-0.15, -0.1) is 0 Å². The van der Waals surface area contributed by atoms with Crippen molar-refractivity contribution in [3.05, 3.63) is 59.7 Å². The van der Waals surface area contributed by atoms with E-state index in [2.05, 4.69) is 38.1 Å². The van der Waals surface area contributed by atoms with Crippen LogP contribution in [0.4, 0.5) is 0 Å². The van der Waals surface area contributed by atoms with E-state index in [-0.39, 0.29) is 5.41 Å². The molecule has 3 nitrogen and oxygen atoms in total. The molecular weight excluding hydrogens is 264 g/mol. The summed E-state index contributed by atoms with van der Waals surface area (Å²) in [6.45, 7) is 6.05. The van der Waals surface area contributed by atoms with Crippen molar-refractivity contribution in [3.8, 4) is 11.5 Å². The van der Waals surface area contributed by atoms with Crippen LogP contribution in [-0.2, 0) is 5.41 Å². The summed E-state index contributed by atoms with van der Waals surface area (Å²) >= 11 is 0. The van der Waals surface area contributed by atoms with E-state index in [1.54, 1.807) is 6.92 Å². The van der Waals surface area contributed by atoms with Crippen molar-refractivity contribution < 1.29 is 14.6 Å². The van der Waals surface area contributed by atoms with E-state index < -0.39 is 12.4 Å². The Balaban J connectivity index is 2.11. The number of ether oxygens (including phenoxy) is 2. The quantitative estimate of drug-likeness (QED) is 0.871. The minimum atomic E-state index is -0.733. The second-order valence-electron chi connectivity index (χ2n) is 6.02. The Bertz CT molecular complexity index is 560. The van der Waals surface area contributed by atoms with Crippen LogP contribution in [0.25, 0.3) is 0 Å². The van der Waals surface area contributed by atoms with Gasteiger partial charge in [0.2, 0.25) is 0 Å². The van der Waals surface area contributed by atoms with E-state index in [0.717, 1.165) is 0 Å². The van der Waals surface area contributed by atoms with Crippen LogP contribution in [0, 0.1) is 0 Å². The first-order chi connectivity index (χ1) is 9.96. The average molecular weight is 284 g/mol. The number of aliphatic hydroxyl groups excluding tert-OH is 1. The Morgan fingerprint density at radius 3 is 1.57 bits per heavy atom. The molecule has 0 amide bonds.